The van der Waals surface area contributed by atoms with Gasteiger partial charge < -0.3 is 10.5 Å². The molecular formula is C13H16N2O. The number of nitrogens with zero attached hydrogens (tertiary/aromatic N) is 1. The van der Waals surface area contributed by atoms with Crippen LogP contribution in [0.1, 0.15) is 13.8 Å². The van der Waals surface area contributed by atoms with E-state index < -0.39 is 0 Å². The highest BCUT2D eigenvalue weighted by molar-refractivity contribution is 5.84. The number of hydrogen-bond donors (Lipinski definition) is 1. The largest absolute Gasteiger partial charge is 0.487 e. The summed E-state index contributed by atoms with van der Waals surface area (Å²) in [6.07, 6.45) is 1.75. The number of aromatic nitrogens is 1. The van der Waals surface area contributed by atoms with Gasteiger partial charge in [-0.1, -0.05) is 18.2 Å². The van der Waals surface area contributed by atoms with Gasteiger partial charge in [0.05, 0.1) is 0 Å². The highest BCUT2D eigenvalue weighted by Crippen LogP contribution is 2.24. The van der Waals surface area contributed by atoms with Gasteiger partial charge in [-0.2, -0.15) is 0 Å². The lowest BCUT2D eigenvalue weighted by molar-refractivity contribution is 0.199. The SMILES string of the molecule is CC(Oc1cccc2cccnc12)[C@@H](C)N. The van der Waals surface area contributed by atoms with Crippen molar-refractivity contribution in [1.82, 2.24) is 4.98 Å². The number of hydrogen-bond acceptors (Lipinski definition) is 3. The van der Waals surface area contributed by atoms with Crippen molar-refractivity contribution in [1.29, 1.82) is 0 Å². The molecule has 2 atom stereocenters. The van der Waals surface area contributed by atoms with Gasteiger partial charge >= 0.3 is 0 Å². The van der Waals surface area contributed by atoms with Crippen molar-refractivity contribution >= 4 is 10.9 Å². The van der Waals surface area contributed by atoms with E-state index in [2.05, 4.69) is 4.98 Å². The third-order valence-electron chi connectivity index (χ3n) is 2.65. The van der Waals surface area contributed by atoms with Gasteiger partial charge in [0.2, 0.25) is 0 Å². The molecule has 0 aliphatic rings. The van der Waals surface area contributed by atoms with Crippen LogP contribution in [0.4, 0.5) is 0 Å². The van der Waals surface area contributed by atoms with Gasteiger partial charge in [-0.15, -0.1) is 0 Å². The lowest BCUT2D eigenvalue weighted by Gasteiger charge is -2.18. The second-order valence-corrected chi connectivity index (χ2v) is 4.01. The predicted molar refractivity (Wildman–Crippen MR) is 65.5 cm³/mol. The molecule has 0 saturated carbocycles. The average Bonchev–Trinajstić information content (AvgIpc) is 2.29. The molecule has 2 aromatic rings. The minimum absolute atomic E-state index is 0.000955. The van der Waals surface area contributed by atoms with Crippen LogP contribution in [0.25, 0.3) is 10.9 Å². The summed E-state index contributed by atoms with van der Waals surface area (Å²) in [6, 6.07) is 9.85. The zero-order chi connectivity index (χ0) is 11.5. The molecule has 2 rings (SSSR count). The van der Waals surface area contributed by atoms with E-state index in [0.717, 1.165) is 16.7 Å². The first-order valence-corrected chi connectivity index (χ1v) is 5.44. The first kappa shape index (κ1) is 10.9. The predicted octanol–water partition coefficient (Wildman–Crippen LogP) is 2.35. The summed E-state index contributed by atoms with van der Waals surface area (Å²) in [4.78, 5) is 4.33. The van der Waals surface area contributed by atoms with E-state index in [9.17, 15) is 0 Å². The topological polar surface area (TPSA) is 48.1 Å². The van der Waals surface area contributed by atoms with Crippen LogP contribution < -0.4 is 10.5 Å². The second-order valence-electron chi connectivity index (χ2n) is 4.01. The molecular weight excluding hydrogens is 200 g/mol. The molecule has 2 N–H and O–H groups in total. The fourth-order valence-corrected chi connectivity index (χ4v) is 1.48. The fourth-order valence-electron chi connectivity index (χ4n) is 1.48. The smallest absolute Gasteiger partial charge is 0.146 e. The van der Waals surface area contributed by atoms with Gasteiger partial charge in [0.25, 0.3) is 0 Å². The standard InChI is InChI=1S/C13H16N2O/c1-9(14)10(2)16-12-7-3-5-11-6-4-8-15-13(11)12/h3-10H,14H2,1-2H3/t9-,10?/m1/s1. The third kappa shape index (κ3) is 2.14. The number of pyridine rings is 1. The molecule has 0 aliphatic heterocycles. The number of fused-ring (bicyclic) bond motifs is 1. The van der Waals surface area contributed by atoms with Crippen LogP contribution in [0.5, 0.6) is 5.75 Å². The Hall–Kier alpha value is -1.61. The maximum Gasteiger partial charge on any atom is 0.146 e. The molecule has 0 bridgehead atoms. The Bertz CT molecular complexity index is 477. The van der Waals surface area contributed by atoms with Crippen LogP contribution in [-0.4, -0.2) is 17.1 Å². The first-order chi connectivity index (χ1) is 7.68. The zero-order valence-corrected chi connectivity index (χ0v) is 9.55. The molecule has 0 aliphatic carbocycles. The lowest BCUT2D eigenvalue weighted by atomic mass is 10.2. The van der Waals surface area contributed by atoms with Crippen LogP contribution >= 0.6 is 0 Å². The zero-order valence-electron chi connectivity index (χ0n) is 9.55. The lowest BCUT2D eigenvalue weighted by Crippen LogP contribution is -2.33. The summed E-state index contributed by atoms with van der Waals surface area (Å²) in [6.45, 7) is 3.90. The Morgan fingerprint density at radius 3 is 2.69 bits per heavy atom. The summed E-state index contributed by atoms with van der Waals surface area (Å²) in [5.74, 6) is 0.794. The molecule has 0 fully saturated rings. The van der Waals surface area contributed by atoms with Crippen LogP contribution in [0.15, 0.2) is 36.5 Å². The quantitative estimate of drug-likeness (QED) is 0.856. The minimum atomic E-state index is -0.0207. The van der Waals surface area contributed by atoms with Crippen molar-refractivity contribution < 1.29 is 4.74 Å². The molecule has 1 aromatic heterocycles. The highest BCUT2D eigenvalue weighted by Gasteiger charge is 2.11. The van der Waals surface area contributed by atoms with Crippen LogP contribution in [-0.2, 0) is 0 Å². The van der Waals surface area contributed by atoms with Gasteiger partial charge in [0, 0.05) is 17.6 Å². The average molecular weight is 216 g/mol. The van der Waals surface area contributed by atoms with E-state index in [0.29, 0.717) is 0 Å². The van der Waals surface area contributed by atoms with Crippen molar-refractivity contribution in [3.8, 4) is 5.75 Å². The molecule has 3 nitrogen and oxygen atoms in total. The molecule has 1 unspecified atom stereocenters. The molecule has 0 amide bonds. The first-order valence-electron chi connectivity index (χ1n) is 5.44. The Morgan fingerprint density at radius 2 is 1.94 bits per heavy atom. The number of rotatable bonds is 3. The van der Waals surface area contributed by atoms with Crippen LogP contribution in [0.2, 0.25) is 0 Å². The second kappa shape index (κ2) is 4.49. The summed E-state index contributed by atoms with van der Waals surface area (Å²) in [5.41, 5.74) is 6.67. The van der Waals surface area contributed by atoms with E-state index >= 15 is 0 Å². The molecule has 0 radical (unpaired) electrons. The molecule has 1 aromatic carbocycles. The van der Waals surface area contributed by atoms with Crippen molar-refractivity contribution in [2.24, 2.45) is 5.73 Å². The Balaban J connectivity index is 2.37. The van der Waals surface area contributed by atoms with E-state index in [1.807, 2.05) is 44.2 Å². The third-order valence-corrected chi connectivity index (χ3v) is 2.65. The Labute approximate surface area is 95.2 Å². The van der Waals surface area contributed by atoms with Gasteiger partial charge in [-0.05, 0) is 26.0 Å². The number of para-hydroxylation sites is 1. The van der Waals surface area contributed by atoms with Crippen molar-refractivity contribution in [2.45, 2.75) is 26.0 Å². The molecule has 0 saturated heterocycles. The minimum Gasteiger partial charge on any atom is -0.487 e. The van der Waals surface area contributed by atoms with E-state index in [-0.39, 0.29) is 12.1 Å². The van der Waals surface area contributed by atoms with Crippen molar-refractivity contribution in [3.63, 3.8) is 0 Å². The summed E-state index contributed by atoms with van der Waals surface area (Å²) in [7, 11) is 0. The molecule has 16 heavy (non-hydrogen) atoms. The van der Waals surface area contributed by atoms with Crippen LogP contribution in [0, 0.1) is 0 Å². The van der Waals surface area contributed by atoms with Crippen LogP contribution in [0.3, 0.4) is 0 Å². The monoisotopic (exact) mass is 216 g/mol. The van der Waals surface area contributed by atoms with Gasteiger partial charge in [-0.25, -0.2) is 0 Å². The fraction of sp³-hybridized carbons (Fsp3) is 0.308. The molecule has 0 spiro atoms. The molecule has 1 heterocycles. The maximum absolute atomic E-state index is 5.80. The van der Waals surface area contributed by atoms with Gasteiger partial charge in [0.1, 0.15) is 17.4 Å². The van der Waals surface area contributed by atoms with Crippen molar-refractivity contribution in [3.05, 3.63) is 36.5 Å². The maximum atomic E-state index is 5.80. The number of benzene rings is 1. The van der Waals surface area contributed by atoms with Gasteiger partial charge in [-0.3, -0.25) is 4.98 Å². The van der Waals surface area contributed by atoms with E-state index in [1.165, 1.54) is 0 Å². The van der Waals surface area contributed by atoms with E-state index in [1.54, 1.807) is 6.20 Å². The van der Waals surface area contributed by atoms with Gasteiger partial charge in [0.15, 0.2) is 0 Å². The molecule has 84 valence electrons. The summed E-state index contributed by atoms with van der Waals surface area (Å²) >= 11 is 0. The molecule has 3 heteroatoms. The van der Waals surface area contributed by atoms with Crippen molar-refractivity contribution in [2.75, 3.05) is 0 Å². The highest BCUT2D eigenvalue weighted by atomic mass is 16.5. The number of nitrogens with two attached hydrogens (primary N) is 1. The normalized spacial score (nSPS) is 14.7. The van der Waals surface area contributed by atoms with E-state index in [4.69, 9.17) is 10.5 Å². The summed E-state index contributed by atoms with van der Waals surface area (Å²) in [5, 5.41) is 1.08. The Morgan fingerprint density at radius 1 is 1.19 bits per heavy atom. The number of ether oxygens (including phenoxy) is 1. The Kier molecular flexibility index (Phi) is 3.06. The summed E-state index contributed by atoms with van der Waals surface area (Å²) < 4.78 is 5.80.